The van der Waals surface area contributed by atoms with E-state index < -0.39 is 5.97 Å². The van der Waals surface area contributed by atoms with Crippen LogP contribution in [0.5, 0.6) is 0 Å². The molecule has 0 spiro atoms. The number of carbonyl (C=O) groups excluding carboxylic acids is 1. The maximum atomic E-state index is 13.9. The highest BCUT2D eigenvalue weighted by atomic mass is 35.5. The number of hydrogen-bond donors (Lipinski definition) is 2. The molecule has 0 radical (unpaired) electrons. The normalized spacial score (nSPS) is 17.0. The lowest BCUT2D eigenvalue weighted by molar-refractivity contribution is -0.395. The highest BCUT2D eigenvalue weighted by Gasteiger charge is 2.40. The number of amides is 1. The summed E-state index contributed by atoms with van der Waals surface area (Å²) in [7, 11) is 0. The molecule has 0 aliphatic carbocycles. The van der Waals surface area contributed by atoms with E-state index in [1.54, 1.807) is 48.6 Å². The summed E-state index contributed by atoms with van der Waals surface area (Å²) < 4.78 is 1.52. The number of carboxylic acids is 1. The Kier molecular flexibility index (Phi) is 7.61. The number of halogens is 1. The molecule has 11 heteroatoms. The predicted octanol–water partition coefficient (Wildman–Crippen LogP) is 4.98. The minimum atomic E-state index is -0.990. The Morgan fingerprint density at radius 2 is 1.93 bits per heavy atom. The van der Waals surface area contributed by atoms with E-state index in [0.29, 0.717) is 22.8 Å². The average molecular weight is 581 g/mol. The van der Waals surface area contributed by atoms with Crippen molar-refractivity contribution in [1.82, 2.24) is 30.1 Å². The quantitative estimate of drug-likeness (QED) is 0.261. The van der Waals surface area contributed by atoms with Gasteiger partial charge in [0.1, 0.15) is 18.6 Å². The van der Waals surface area contributed by atoms with Crippen LogP contribution in [-0.4, -0.2) is 53.6 Å². The number of aromatic nitrogens is 6. The SMILES string of the molecule is O=C(O)c1cccc(-c2c[nH+]c(C3C(c4ccccc4)CCCN3C(=O)/C=C/c3cc(Cl)ccc3-n3cnnn3)[nH]2)c1. The first-order valence-electron chi connectivity index (χ1n) is 13.5. The average Bonchev–Trinajstić information content (AvgIpc) is 3.73. The van der Waals surface area contributed by atoms with Crippen molar-refractivity contribution in [2.24, 2.45) is 0 Å². The van der Waals surface area contributed by atoms with Crippen molar-refractivity contribution < 1.29 is 19.7 Å². The largest absolute Gasteiger partial charge is 0.478 e. The van der Waals surface area contributed by atoms with Crippen LogP contribution in [0.2, 0.25) is 5.02 Å². The van der Waals surface area contributed by atoms with Crippen molar-refractivity contribution in [3.8, 4) is 16.9 Å². The number of nitrogens with zero attached hydrogens (tertiary/aromatic N) is 5. The molecular weight excluding hydrogens is 554 g/mol. The van der Waals surface area contributed by atoms with Crippen molar-refractivity contribution in [3.05, 3.63) is 119 Å². The molecule has 10 nitrogen and oxygen atoms in total. The van der Waals surface area contributed by atoms with Crippen LogP contribution in [0.25, 0.3) is 23.0 Å². The topological polar surface area (TPSA) is 131 Å². The van der Waals surface area contributed by atoms with Crippen LogP contribution < -0.4 is 4.98 Å². The zero-order valence-electron chi connectivity index (χ0n) is 22.4. The van der Waals surface area contributed by atoms with Crippen LogP contribution in [0.1, 0.15) is 52.1 Å². The molecule has 1 amide bonds. The number of likely N-dealkylation sites (tertiary alicyclic amines) is 1. The third-order valence-electron chi connectivity index (χ3n) is 7.49. The lowest BCUT2D eigenvalue weighted by atomic mass is 9.83. The van der Waals surface area contributed by atoms with E-state index in [2.05, 4.69) is 37.6 Å². The van der Waals surface area contributed by atoms with Crippen LogP contribution in [0.15, 0.2) is 91.4 Å². The number of tetrazole rings is 1. The summed E-state index contributed by atoms with van der Waals surface area (Å²) in [5.74, 6) is -0.345. The van der Waals surface area contributed by atoms with Gasteiger partial charge in [0.15, 0.2) is 5.69 Å². The maximum absolute atomic E-state index is 13.9. The summed E-state index contributed by atoms with van der Waals surface area (Å²) in [6.45, 7) is 0.573. The Hall–Kier alpha value is -5.09. The maximum Gasteiger partial charge on any atom is 0.335 e. The van der Waals surface area contributed by atoms with Crippen molar-refractivity contribution in [3.63, 3.8) is 0 Å². The van der Waals surface area contributed by atoms with Gasteiger partial charge in [-0.25, -0.2) is 14.8 Å². The summed E-state index contributed by atoms with van der Waals surface area (Å²) >= 11 is 6.28. The molecule has 1 saturated heterocycles. The lowest BCUT2D eigenvalue weighted by Gasteiger charge is -2.38. The third-order valence-corrected chi connectivity index (χ3v) is 7.73. The van der Waals surface area contributed by atoms with Gasteiger partial charge in [-0.1, -0.05) is 54.1 Å². The number of rotatable bonds is 7. The predicted molar refractivity (Wildman–Crippen MR) is 156 cm³/mol. The first-order chi connectivity index (χ1) is 20.5. The van der Waals surface area contributed by atoms with Gasteiger partial charge in [0.2, 0.25) is 5.91 Å². The van der Waals surface area contributed by atoms with E-state index in [4.69, 9.17) is 11.6 Å². The highest BCUT2D eigenvalue weighted by molar-refractivity contribution is 6.30. The van der Waals surface area contributed by atoms with Crippen LogP contribution in [0, 0.1) is 0 Å². The van der Waals surface area contributed by atoms with Crippen LogP contribution in [0.4, 0.5) is 0 Å². The van der Waals surface area contributed by atoms with E-state index >= 15 is 0 Å². The molecule has 3 heterocycles. The number of benzene rings is 3. The monoisotopic (exact) mass is 580 g/mol. The number of aromatic carboxylic acids is 1. The van der Waals surface area contributed by atoms with Crippen LogP contribution in [-0.2, 0) is 4.79 Å². The molecule has 3 N–H and O–H groups in total. The van der Waals surface area contributed by atoms with E-state index in [1.807, 2.05) is 35.4 Å². The molecule has 3 aromatic carbocycles. The number of carbonyl (C=O) groups is 2. The fraction of sp³-hybridized carbons (Fsp3) is 0.161. The van der Waals surface area contributed by atoms with E-state index in [0.717, 1.165) is 35.5 Å². The molecule has 42 heavy (non-hydrogen) atoms. The molecule has 0 bridgehead atoms. The molecule has 2 aromatic heterocycles. The van der Waals surface area contributed by atoms with Gasteiger partial charge in [0.05, 0.1) is 11.3 Å². The second kappa shape index (κ2) is 11.8. The fourth-order valence-electron chi connectivity index (χ4n) is 5.55. The fourth-order valence-corrected chi connectivity index (χ4v) is 5.73. The molecule has 1 aliphatic rings. The van der Waals surface area contributed by atoms with Crippen LogP contribution >= 0.6 is 11.6 Å². The molecule has 2 unspecified atom stereocenters. The second-order valence-corrected chi connectivity index (χ2v) is 10.5. The van der Waals surface area contributed by atoms with E-state index in [9.17, 15) is 14.7 Å². The molecule has 0 saturated carbocycles. The van der Waals surface area contributed by atoms with Gasteiger partial charge in [-0.15, -0.1) is 5.10 Å². The number of nitrogens with one attached hydrogen (secondary N) is 2. The Morgan fingerprint density at radius 1 is 1.07 bits per heavy atom. The van der Waals surface area contributed by atoms with Crippen molar-refractivity contribution in [1.29, 1.82) is 0 Å². The molecule has 6 rings (SSSR count). The number of piperidine rings is 1. The minimum Gasteiger partial charge on any atom is -0.478 e. The zero-order chi connectivity index (χ0) is 29.1. The number of carboxylic acid groups (broad SMARTS) is 1. The molecule has 1 fully saturated rings. The summed E-state index contributed by atoms with van der Waals surface area (Å²) in [5, 5.41) is 21.4. The van der Waals surface area contributed by atoms with Gasteiger partial charge in [0.25, 0.3) is 5.82 Å². The summed E-state index contributed by atoms with van der Waals surface area (Å²) in [4.78, 5) is 34.1. The Morgan fingerprint density at radius 3 is 2.71 bits per heavy atom. The van der Waals surface area contributed by atoms with Gasteiger partial charge in [0, 0.05) is 34.7 Å². The second-order valence-electron chi connectivity index (χ2n) is 10.1. The molecule has 5 aromatic rings. The first-order valence-corrected chi connectivity index (χ1v) is 13.9. The van der Waals surface area contributed by atoms with Gasteiger partial charge in [-0.3, -0.25) is 4.79 Å². The van der Waals surface area contributed by atoms with Gasteiger partial charge >= 0.3 is 5.97 Å². The Bertz CT molecular complexity index is 1750. The Labute approximate surface area is 246 Å². The number of hydrogen-bond acceptors (Lipinski definition) is 5. The van der Waals surface area contributed by atoms with Crippen molar-refractivity contribution in [2.75, 3.05) is 6.54 Å². The Balaban J connectivity index is 1.36. The van der Waals surface area contributed by atoms with Crippen molar-refractivity contribution in [2.45, 2.75) is 24.8 Å². The van der Waals surface area contributed by atoms with Gasteiger partial charge in [-0.05, 0) is 65.2 Å². The molecule has 210 valence electrons. The molecule has 1 aliphatic heterocycles. The number of imidazole rings is 1. The third kappa shape index (κ3) is 5.57. The zero-order valence-corrected chi connectivity index (χ0v) is 23.1. The van der Waals surface area contributed by atoms with Crippen LogP contribution in [0.3, 0.4) is 0 Å². The number of aromatic amines is 2. The summed E-state index contributed by atoms with van der Waals surface area (Å²) in [6.07, 6.45) is 8.33. The van der Waals surface area contributed by atoms with Crippen molar-refractivity contribution >= 4 is 29.6 Å². The summed E-state index contributed by atoms with van der Waals surface area (Å²) in [6, 6.07) is 21.9. The minimum absolute atomic E-state index is 0.0355. The standard InChI is InChI=1S/C31H26ClN7O3/c32-24-12-13-27(39-19-34-36-37-39)22(17-24)11-14-28(40)38-15-5-10-25(20-6-2-1-3-7-20)29(38)30-33-18-26(35-30)21-8-4-9-23(16-21)31(41)42/h1-4,6-9,11-14,16-19,25,29H,5,10,15H2,(H,33,35)(H,41,42)/p+1/b14-11+. The van der Waals surface area contributed by atoms with E-state index in [1.165, 1.54) is 11.0 Å². The summed E-state index contributed by atoms with van der Waals surface area (Å²) in [5.41, 5.74) is 4.20. The number of H-pyrrole nitrogens is 2. The van der Waals surface area contributed by atoms with Gasteiger partial charge in [-0.2, -0.15) is 4.68 Å². The van der Waals surface area contributed by atoms with Gasteiger partial charge < -0.3 is 10.0 Å². The molecule has 2 atom stereocenters. The highest BCUT2D eigenvalue weighted by Crippen LogP contribution is 2.41. The molecular formula is C31H27ClN7O3+. The smallest absolute Gasteiger partial charge is 0.335 e. The first kappa shape index (κ1) is 27.1. The van der Waals surface area contributed by atoms with E-state index in [-0.39, 0.29) is 23.4 Å². The lowest BCUT2D eigenvalue weighted by Crippen LogP contribution is -2.43.